The topological polar surface area (TPSA) is 110 Å². The van der Waals surface area contributed by atoms with Crippen molar-refractivity contribution in [3.05, 3.63) is 82.9 Å². The Bertz CT molecular complexity index is 1240. The first-order valence-corrected chi connectivity index (χ1v) is 8.94. The van der Waals surface area contributed by atoms with Crippen LogP contribution >= 0.6 is 0 Å². The number of rotatable bonds is 5. The van der Waals surface area contributed by atoms with Crippen molar-refractivity contribution in [1.29, 1.82) is 0 Å². The Morgan fingerprint density at radius 3 is 2.34 bits per heavy atom. The molecule has 0 aliphatic heterocycles. The maximum absolute atomic E-state index is 13.2. The fraction of sp³-hybridized carbons (Fsp3) is 0.0952. The van der Waals surface area contributed by atoms with Crippen molar-refractivity contribution in [2.45, 2.75) is 12.8 Å². The van der Waals surface area contributed by atoms with E-state index in [0.717, 1.165) is 5.69 Å². The lowest BCUT2D eigenvalue weighted by molar-refractivity contribution is -0.138. The smallest absolute Gasteiger partial charge is 0.312 e. The van der Waals surface area contributed by atoms with Crippen molar-refractivity contribution in [3.8, 4) is 5.69 Å². The van der Waals surface area contributed by atoms with Gasteiger partial charge in [0.25, 0.3) is 5.56 Å². The largest absolute Gasteiger partial charge is 0.481 e. The summed E-state index contributed by atoms with van der Waals surface area (Å²) in [6.07, 6.45) is 1.48. The summed E-state index contributed by atoms with van der Waals surface area (Å²) in [5, 5.41) is 12.5. The number of anilines is 2. The first-order chi connectivity index (χ1) is 14.0. The van der Waals surface area contributed by atoms with Gasteiger partial charge in [0.05, 0.1) is 11.9 Å². The highest BCUT2D eigenvalue weighted by Crippen LogP contribution is 2.19. The summed E-state index contributed by atoms with van der Waals surface area (Å²) in [7, 11) is 0. The first kappa shape index (κ1) is 18.3. The number of carboxylic acids is 1. The molecule has 8 heteroatoms. The molecule has 4 rings (SSSR count). The van der Waals surface area contributed by atoms with Crippen LogP contribution in [0.4, 0.5) is 11.6 Å². The Balaban J connectivity index is 1.95. The normalized spacial score (nSPS) is 11.9. The van der Waals surface area contributed by atoms with Gasteiger partial charge in [0.15, 0.2) is 5.65 Å². The highest BCUT2D eigenvalue weighted by molar-refractivity contribution is 5.78. The minimum absolute atomic E-state index is 0.0683. The molecule has 1 unspecified atom stereocenters. The van der Waals surface area contributed by atoms with Crippen LogP contribution < -0.4 is 10.9 Å². The molecule has 0 fully saturated rings. The molecule has 29 heavy (non-hydrogen) atoms. The van der Waals surface area contributed by atoms with E-state index in [2.05, 4.69) is 20.3 Å². The maximum atomic E-state index is 13.2. The second-order valence-corrected chi connectivity index (χ2v) is 6.43. The molecule has 0 saturated heterocycles. The van der Waals surface area contributed by atoms with Crippen LogP contribution in [0.5, 0.6) is 0 Å². The average Bonchev–Trinajstić information content (AvgIpc) is 2.74. The molecule has 2 N–H and O–H groups in total. The van der Waals surface area contributed by atoms with E-state index in [1.165, 1.54) is 17.7 Å². The maximum Gasteiger partial charge on any atom is 0.312 e. The fourth-order valence-corrected chi connectivity index (χ4v) is 2.92. The Labute approximate surface area is 165 Å². The van der Waals surface area contributed by atoms with Crippen LogP contribution in [-0.4, -0.2) is 30.6 Å². The second kappa shape index (κ2) is 7.51. The van der Waals surface area contributed by atoms with E-state index in [-0.39, 0.29) is 11.3 Å². The van der Waals surface area contributed by atoms with Crippen molar-refractivity contribution in [1.82, 2.24) is 19.5 Å². The van der Waals surface area contributed by atoms with Crippen molar-refractivity contribution < 1.29 is 9.90 Å². The number of nitrogens with zero attached hydrogens (tertiary/aromatic N) is 4. The Kier molecular flexibility index (Phi) is 4.74. The first-order valence-electron chi connectivity index (χ1n) is 8.94. The number of nitrogens with one attached hydrogen (secondary N) is 1. The number of aliphatic carboxylic acids is 1. The lowest BCUT2D eigenvalue weighted by Gasteiger charge is -2.14. The van der Waals surface area contributed by atoms with Gasteiger partial charge in [0.1, 0.15) is 17.1 Å². The standard InChI is InChI=1S/C21H17N5O3/c1-13(20(28)29)17-19(27)26(15-10-6-3-7-11-15)18-16(24-17)12-22-21(25-18)23-14-8-4-2-5-9-14/h2-13H,1H3,(H,28,29)(H,22,23,25). The summed E-state index contributed by atoms with van der Waals surface area (Å²) < 4.78 is 1.37. The molecule has 0 aliphatic carbocycles. The summed E-state index contributed by atoms with van der Waals surface area (Å²) >= 11 is 0. The number of para-hydroxylation sites is 2. The SMILES string of the molecule is CC(C(=O)O)c1nc2cnc(Nc3ccccc3)nc2n(-c2ccccc2)c1=O. The van der Waals surface area contributed by atoms with E-state index in [1.54, 1.807) is 24.3 Å². The number of hydrogen-bond acceptors (Lipinski definition) is 6. The van der Waals surface area contributed by atoms with Crippen molar-refractivity contribution in [2.75, 3.05) is 5.32 Å². The van der Waals surface area contributed by atoms with Crippen LogP contribution in [0.3, 0.4) is 0 Å². The lowest BCUT2D eigenvalue weighted by atomic mass is 10.1. The zero-order chi connectivity index (χ0) is 20.4. The van der Waals surface area contributed by atoms with Gasteiger partial charge < -0.3 is 10.4 Å². The van der Waals surface area contributed by atoms with Crippen molar-refractivity contribution in [3.63, 3.8) is 0 Å². The lowest BCUT2D eigenvalue weighted by Crippen LogP contribution is -2.29. The van der Waals surface area contributed by atoms with Gasteiger partial charge in [-0.25, -0.2) is 9.97 Å². The Hall–Kier alpha value is -4.07. The summed E-state index contributed by atoms with van der Waals surface area (Å²) in [5.41, 5.74) is 1.38. The molecule has 0 amide bonds. The van der Waals surface area contributed by atoms with Gasteiger partial charge >= 0.3 is 5.97 Å². The molecule has 144 valence electrons. The third kappa shape index (κ3) is 3.55. The molecular weight excluding hydrogens is 370 g/mol. The minimum atomic E-state index is -1.13. The van der Waals surface area contributed by atoms with Crippen LogP contribution in [0.1, 0.15) is 18.5 Å². The Morgan fingerprint density at radius 1 is 1.03 bits per heavy atom. The van der Waals surface area contributed by atoms with E-state index in [1.807, 2.05) is 36.4 Å². The summed E-state index contributed by atoms with van der Waals surface area (Å²) in [6.45, 7) is 1.43. The number of benzene rings is 2. The second-order valence-electron chi connectivity index (χ2n) is 6.43. The van der Waals surface area contributed by atoms with Gasteiger partial charge in [0, 0.05) is 5.69 Å². The zero-order valence-electron chi connectivity index (χ0n) is 15.5. The molecule has 0 radical (unpaired) electrons. The van der Waals surface area contributed by atoms with Gasteiger partial charge in [-0.1, -0.05) is 36.4 Å². The molecular formula is C21H17N5O3. The summed E-state index contributed by atoms with van der Waals surface area (Å²) in [6, 6.07) is 18.3. The molecule has 8 nitrogen and oxygen atoms in total. The molecule has 0 saturated carbocycles. The highest BCUT2D eigenvalue weighted by atomic mass is 16.4. The summed E-state index contributed by atoms with van der Waals surface area (Å²) in [5.74, 6) is -1.89. The zero-order valence-corrected chi connectivity index (χ0v) is 15.5. The molecule has 2 aromatic heterocycles. The third-order valence-electron chi connectivity index (χ3n) is 4.45. The average molecular weight is 387 g/mol. The van der Waals surface area contributed by atoms with E-state index in [4.69, 9.17) is 0 Å². The molecule has 0 aliphatic rings. The predicted octanol–water partition coefficient (Wildman–Crippen LogP) is 3.11. The number of hydrogen-bond donors (Lipinski definition) is 2. The molecule has 1 atom stereocenters. The molecule has 0 spiro atoms. The van der Waals surface area contributed by atoms with E-state index in [9.17, 15) is 14.7 Å². The molecule has 4 aromatic rings. The monoisotopic (exact) mass is 387 g/mol. The molecule has 0 bridgehead atoms. The third-order valence-corrected chi connectivity index (χ3v) is 4.45. The fourth-order valence-electron chi connectivity index (χ4n) is 2.92. The quantitative estimate of drug-likeness (QED) is 0.541. The van der Waals surface area contributed by atoms with E-state index in [0.29, 0.717) is 17.2 Å². The van der Waals surface area contributed by atoms with Gasteiger partial charge in [-0.15, -0.1) is 0 Å². The number of carboxylic acid groups (broad SMARTS) is 1. The highest BCUT2D eigenvalue weighted by Gasteiger charge is 2.23. The van der Waals surface area contributed by atoms with E-state index < -0.39 is 17.4 Å². The number of aromatic nitrogens is 4. The summed E-state index contributed by atoms with van der Waals surface area (Å²) in [4.78, 5) is 37.6. The molecule has 2 aromatic carbocycles. The minimum Gasteiger partial charge on any atom is -0.481 e. The predicted molar refractivity (Wildman–Crippen MR) is 109 cm³/mol. The van der Waals surface area contributed by atoms with Crippen molar-refractivity contribution in [2.24, 2.45) is 0 Å². The van der Waals surface area contributed by atoms with Gasteiger partial charge in [-0.05, 0) is 31.2 Å². The molecule has 2 heterocycles. The van der Waals surface area contributed by atoms with Crippen LogP contribution in [0.15, 0.2) is 71.7 Å². The van der Waals surface area contributed by atoms with Crippen molar-refractivity contribution >= 4 is 28.8 Å². The van der Waals surface area contributed by atoms with Gasteiger partial charge in [0.2, 0.25) is 5.95 Å². The van der Waals surface area contributed by atoms with Gasteiger partial charge in [-0.3, -0.25) is 14.2 Å². The van der Waals surface area contributed by atoms with Crippen LogP contribution in [0.2, 0.25) is 0 Å². The van der Waals surface area contributed by atoms with E-state index >= 15 is 0 Å². The van der Waals surface area contributed by atoms with Crippen LogP contribution in [0, 0.1) is 0 Å². The Morgan fingerprint density at radius 2 is 1.69 bits per heavy atom. The number of carbonyl (C=O) groups is 1. The van der Waals surface area contributed by atoms with Gasteiger partial charge in [-0.2, -0.15) is 4.98 Å². The van der Waals surface area contributed by atoms with Crippen LogP contribution in [-0.2, 0) is 4.79 Å². The van der Waals surface area contributed by atoms with Crippen LogP contribution in [0.25, 0.3) is 16.9 Å². The number of fused-ring (bicyclic) bond motifs is 1.